The monoisotopic (exact) mass is 738 g/mol. The second kappa shape index (κ2) is 13.6. The van der Waals surface area contributed by atoms with Gasteiger partial charge < -0.3 is 28.6 Å². The Morgan fingerprint density at radius 1 is 1.14 bits per heavy atom. The number of anilines is 1. The number of hydrogen-bond donors (Lipinski definition) is 1. The molecule has 1 N–H and O–H groups in total. The number of likely N-dealkylation sites (N-methyl/N-ethyl adjacent to an activating group) is 1. The molecule has 2 aliphatic rings. The molecule has 1 amide bonds. The van der Waals surface area contributed by atoms with Gasteiger partial charge in [0.2, 0.25) is 0 Å². The maximum absolute atomic E-state index is 13.0. The lowest BCUT2D eigenvalue weighted by atomic mass is 9.72. The summed E-state index contributed by atoms with van der Waals surface area (Å²) >= 11 is 6.77. The summed E-state index contributed by atoms with van der Waals surface area (Å²) in [4.78, 5) is 26.3. The van der Waals surface area contributed by atoms with E-state index >= 15 is 0 Å². The molecule has 11 nitrogen and oxygen atoms in total. The summed E-state index contributed by atoms with van der Waals surface area (Å²) in [6.07, 6.45) is -5.81. The lowest BCUT2D eigenvalue weighted by Gasteiger charge is -2.61. The third kappa shape index (κ3) is 8.05. The van der Waals surface area contributed by atoms with Gasteiger partial charge in [-0.25, -0.2) is 14.8 Å². The minimum atomic E-state index is -4.22. The normalized spacial score (nSPS) is 17.0. The van der Waals surface area contributed by atoms with Gasteiger partial charge in [0.25, 0.3) is 0 Å². The van der Waals surface area contributed by atoms with E-state index in [1.807, 2.05) is 20.8 Å². The summed E-state index contributed by atoms with van der Waals surface area (Å²) in [6.45, 7) is 17.3. The Bertz CT molecular complexity index is 1710. The molecule has 1 atom stereocenters. The number of ether oxygens (including phenoxy) is 1. The van der Waals surface area contributed by atoms with Crippen LogP contribution >= 0.6 is 11.6 Å². The first-order chi connectivity index (χ1) is 23.1. The first kappa shape index (κ1) is 37.8. The number of aromatic nitrogens is 3. The number of alkyl halides is 3. The Morgan fingerprint density at radius 2 is 1.80 bits per heavy atom. The van der Waals surface area contributed by atoms with Crippen molar-refractivity contribution in [3.8, 4) is 28.4 Å². The second-order valence-electron chi connectivity index (χ2n) is 15.3. The van der Waals surface area contributed by atoms with Crippen molar-refractivity contribution in [1.29, 1.82) is 0 Å². The van der Waals surface area contributed by atoms with Gasteiger partial charge in [-0.2, -0.15) is 13.2 Å². The molecule has 5 rings (SSSR count). The molecule has 274 valence electrons. The molecule has 1 spiro atoms. The maximum Gasteiger partial charge on any atom is 0.407 e. The average molecular weight is 739 g/mol. The van der Waals surface area contributed by atoms with Gasteiger partial charge in [-0.1, -0.05) is 37.5 Å². The van der Waals surface area contributed by atoms with Crippen molar-refractivity contribution in [2.75, 3.05) is 57.8 Å². The number of carboxylic acid groups (broad SMARTS) is 1. The molecule has 0 unspecified atom stereocenters. The largest absolute Gasteiger partial charge is 0.491 e. The van der Waals surface area contributed by atoms with Gasteiger partial charge >= 0.3 is 12.3 Å². The highest BCUT2D eigenvalue weighted by Crippen LogP contribution is 2.45. The molecule has 3 aromatic rings. The number of hydrogen-bond acceptors (Lipinski definition) is 9. The fourth-order valence-corrected chi connectivity index (χ4v) is 7.97. The number of nitrogens with zero attached hydrogens (tertiary/aromatic N) is 6. The number of aryl methyl sites for hydroxylation is 2. The molecular weight excluding hydrogens is 693 g/mol. The molecule has 0 radical (unpaired) electrons. The van der Waals surface area contributed by atoms with E-state index in [2.05, 4.69) is 43.9 Å². The minimum absolute atomic E-state index is 0.0940. The Balaban J connectivity index is 1.44. The molecule has 2 aromatic heterocycles. The third-order valence-corrected chi connectivity index (χ3v) is 14.8. The zero-order valence-electron chi connectivity index (χ0n) is 30.0. The van der Waals surface area contributed by atoms with Gasteiger partial charge in [-0.3, -0.25) is 4.90 Å². The first-order valence-corrected chi connectivity index (χ1v) is 19.8. The molecule has 1 aromatic carbocycles. The van der Waals surface area contributed by atoms with Gasteiger partial charge in [-0.05, 0) is 57.1 Å². The number of carbonyl (C=O) groups is 1. The van der Waals surface area contributed by atoms with E-state index in [0.717, 1.165) is 11.1 Å². The number of likely N-dealkylation sites (tertiary alicyclic amines) is 1. The highest BCUT2D eigenvalue weighted by atomic mass is 35.5. The fourth-order valence-electron chi connectivity index (χ4n) is 6.43. The summed E-state index contributed by atoms with van der Waals surface area (Å²) in [7, 11) is -0.780. The van der Waals surface area contributed by atoms with Crippen LogP contribution in [0, 0.1) is 26.2 Å². The van der Waals surface area contributed by atoms with E-state index < -0.39 is 33.2 Å². The van der Waals surface area contributed by atoms with E-state index in [4.69, 9.17) is 35.3 Å². The van der Waals surface area contributed by atoms with Crippen LogP contribution in [0.2, 0.25) is 23.2 Å². The zero-order valence-corrected chi connectivity index (χ0v) is 31.8. The van der Waals surface area contributed by atoms with E-state index in [-0.39, 0.29) is 23.6 Å². The summed E-state index contributed by atoms with van der Waals surface area (Å²) in [6, 6.07) is 5.17. The average Bonchev–Trinajstić information content (AvgIpc) is 3.29. The molecule has 2 saturated heterocycles. The van der Waals surface area contributed by atoms with Gasteiger partial charge in [-0.15, -0.1) is 0 Å². The number of rotatable bonds is 11. The third-order valence-electron chi connectivity index (χ3n) is 9.95. The van der Waals surface area contributed by atoms with E-state index in [0.29, 0.717) is 71.3 Å². The summed E-state index contributed by atoms with van der Waals surface area (Å²) < 4.78 is 57.1. The van der Waals surface area contributed by atoms with Gasteiger partial charge in [0.05, 0.1) is 41.2 Å². The van der Waals surface area contributed by atoms with Gasteiger partial charge in [0, 0.05) is 49.8 Å². The van der Waals surface area contributed by atoms with Crippen molar-refractivity contribution in [1.82, 2.24) is 24.9 Å². The number of halogens is 4. The van der Waals surface area contributed by atoms with Gasteiger partial charge in [0.1, 0.15) is 23.9 Å². The molecular formula is C34H46ClF3N6O5Si. The van der Waals surface area contributed by atoms with Crippen molar-refractivity contribution in [3.63, 3.8) is 0 Å². The lowest BCUT2D eigenvalue weighted by molar-refractivity contribution is -0.172. The van der Waals surface area contributed by atoms with Crippen LogP contribution in [-0.2, 0) is 4.43 Å². The quantitative estimate of drug-likeness (QED) is 0.199. The summed E-state index contributed by atoms with van der Waals surface area (Å²) in [5.74, 6) is 2.05. The Morgan fingerprint density at radius 3 is 2.36 bits per heavy atom. The molecule has 2 aliphatic heterocycles. The zero-order chi connectivity index (χ0) is 37.0. The molecule has 0 aliphatic carbocycles. The van der Waals surface area contributed by atoms with Gasteiger partial charge in [0.15, 0.2) is 14.1 Å². The van der Waals surface area contributed by atoms with E-state index in [9.17, 15) is 23.1 Å². The van der Waals surface area contributed by atoms with Crippen LogP contribution in [0.15, 0.2) is 22.7 Å². The SMILES string of the molecule is Cc1noc(C)c1-c1nc(-c2cc(OC[C@@H](CN(C)C(=O)O)O[Si](C)(C)C(C)(C)C)ccc2Cl)nc(N2CC3(CN(CC(F)(F)F)C3)C2)c1C. The Labute approximate surface area is 296 Å². The highest BCUT2D eigenvalue weighted by Gasteiger charge is 2.54. The summed E-state index contributed by atoms with van der Waals surface area (Å²) in [5, 5.41) is 14.0. The predicted octanol–water partition coefficient (Wildman–Crippen LogP) is 7.44. The molecule has 0 bridgehead atoms. The van der Waals surface area contributed by atoms with Crippen molar-refractivity contribution >= 4 is 31.8 Å². The molecule has 16 heteroatoms. The molecule has 2 fully saturated rings. The van der Waals surface area contributed by atoms with E-state index in [1.54, 1.807) is 18.2 Å². The Hall–Kier alpha value is -3.40. The van der Waals surface area contributed by atoms with Crippen LogP contribution < -0.4 is 9.64 Å². The van der Waals surface area contributed by atoms with Crippen molar-refractivity contribution in [3.05, 3.63) is 40.2 Å². The number of benzene rings is 1. The predicted molar refractivity (Wildman–Crippen MR) is 188 cm³/mol. The second-order valence-corrected chi connectivity index (χ2v) is 20.4. The topological polar surface area (TPSA) is 117 Å². The van der Waals surface area contributed by atoms with Crippen molar-refractivity contribution < 1.29 is 36.8 Å². The Kier molecular flexibility index (Phi) is 10.3. The van der Waals surface area contributed by atoms with Crippen LogP contribution in [-0.4, -0.2) is 110 Å². The van der Waals surface area contributed by atoms with Crippen LogP contribution in [0.4, 0.5) is 23.8 Å². The fraction of sp³-hybridized carbons (Fsp3) is 0.588. The van der Waals surface area contributed by atoms with Crippen molar-refractivity contribution in [2.24, 2.45) is 5.41 Å². The molecule has 0 saturated carbocycles. The minimum Gasteiger partial charge on any atom is -0.491 e. The van der Waals surface area contributed by atoms with Crippen LogP contribution in [0.1, 0.15) is 37.8 Å². The van der Waals surface area contributed by atoms with Crippen LogP contribution in [0.3, 0.4) is 0 Å². The molecule has 50 heavy (non-hydrogen) atoms. The van der Waals surface area contributed by atoms with Crippen LogP contribution in [0.5, 0.6) is 5.75 Å². The highest BCUT2D eigenvalue weighted by molar-refractivity contribution is 6.74. The summed E-state index contributed by atoms with van der Waals surface area (Å²) in [5.41, 5.74) is 3.11. The van der Waals surface area contributed by atoms with E-state index in [1.165, 1.54) is 16.8 Å². The lowest BCUT2D eigenvalue weighted by Crippen LogP contribution is -2.73. The van der Waals surface area contributed by atoms with Crippen LogP contribution in [0.25, 0.3) is 22.6 Å². The molecule has 4 heterocycles. The first-order valence-electron chi connectivity index (χ1n) is 16.5. The number of amides is 1. The van der Waals surface area contributed by atoms with Crippen molar-refractivity contribution in [2.45, 2.75) is 72.0 Å². The maximum atomic E-state index is 13.0. The standard InChI is InChI=1S/C34H46ClF3N6O5Si/c1-20-28(27-21(2)41-48-22(27)3)39-29(40-30(20)44-17-33(18-44)15-43(16-33)19-34(36,37)38)25-12-23(10-11-26(25)35)47-14-24(13-42(7)31(45)46)49-50(8,9)32(4,5)6/h10-12,24H,13-19H2,1-9H3,(H,45,46)/t24-/m1/s1. The smallest absolute Gasteiger partial charge is 0.407 e.